The lowest BCUT2D eigenvalue weighted by atomic mass is 9.49. The predicted octanol–water partition coefficient (Wildman–Crippen LogP) is 4.23. The molecule has 1 N–H and O–H groups in total. The monoisotopic (exact) mass is 467 g/mol. The topological polar surface area (TPSA) is 72.5 Å². The van der Waals surface area contributed by atoms with Gasteiger partial charge in [-0.25, -0.2) is 0 Å². The van der Waals surface area contributed by atoms with Crippen LogP contribution in [0, 0.1) is 17.3 Å². The van der Waals surface area contributed by atoms with E-state index in [4.69, 9.17) is 4.74 Å². The molecule has 7 heteroatoms. The highest BCUT2D eigenvalue weighted by molar-refractivity contribution is 9.10. The number of hydrogen-bond acceptors (Lipinski definition) is 5. The maximum Gasteiger partial charge on any atom is 0.306 e. The molecule has 4 aliphatic carbocycles. The molecule has 0 aromatic carbocycles. The summed E-state index contributed by atoms with van der Waals surface area (Å²) >= 11 is 5.30. The van der Waals surface area contributed by atoms with Gasteiger partial charge in [-0.15, -0.1) is 11.3 Å². The van der Waals surface area contributed by atoms with E-state index >= 15 is 0 Å². The lowest BCUT2D eigenvalue weighted by molar-refractivity contribution is -0.149. The number of halogens is 1. The van der Waals surface area contributed by atoms with Crippen LogP contribution in [0.2, 0.25) is 0 Å². The highest BCUT2D eigenvalue weighted by Crippen LogP contribution is 2.65. The molecule has 0 spiro atoms. The van der Waals surface area contributed by atoms with Gasteiger partial charge in [-0.1, -0.05) is 15.9 Å². The summed E-state index contributed by atoms with van der Waals surface area (Å²) in [6, 6.07) is 3.55. The molecule has 0 saturated heterocycles. The van der Waals surface area contributed by atoms with Gasteiger partial charge in [-0.3, -0.25) is 14.4 Å². The first-order valence-corrected chi connectivity index (χ1v) is 11.6. The third kappa shape index (κ3) is 4.35. The Balaban J connectivity index is 1.29. The average molecular weight is 468 g/mol. The van der Waals surface area contributed by atoms with Crippen LogP contribution in [0.5, 0.6) is 0 Å². The number of amides is 1. The fourth-order valence-corrected chi connectivity index (χ4v) is 8.33. The third-order valence-corrected chi connectivity index (χ3v) is 8.50. The number of Topliss-reactive ketones (excluding diaryl/α,β-unsaturated/α-hetero) is 1. The molecule has 4 fully saturated rings. The van der Waals surface area contributed by atoms with Crippen LogP contribution in [0.1, 0.15) is 66.4 Å². The normalized spacial score (nSPS) is 32.9. The summed E-state index contributed by atoms with van der Waals surface area (Å²) < 4.78 is 5.59. The summed E-state index contributed by atoms with van der Waals surface area (Å²) in [6.07, 6.45) is 7.50. The number of rotatable bonds is 7. The molecule has 0 aliphatic heterocycles. The molecule has 2 unspecified atom stereocenters. The van der Waals surface area contributed by atoms with Gasteiger partial charge in [0.25, 0.3) is 0 Å². The van der Waals surface area contributed by atoms with Gasteiger partial charge in [0.1, 0.15) is 0 Å². The molecular formula is C21H26BrNO4S. The molecule has 4 bridgehead atoms. The number of carbonyl (C=O) groups excluding carboxylic acids is 3. The first-order valence-electron chi connectivity index (χ1n) is 9.95. The number of hydrogen-bond donors (Lipinski definition) is 1. The van der Waals surface area contributed by atoms with E-state index in [1.54, 1.807) is 6.07 Å². The fourth-order valence-electron chi connectivity index (χ4n) is 5.95. The maximum absolute atomic E-state index is 12.5. The number of ketones is 1. The van der Waals surface area contributed by atoms with Crippen LogP contribution in [0.3, 0.4) is 0 Å². The lowest BCUT2D eigenvalue weighted by Gasteiger charge is -2.60. The van der Waals surface area contributed by atoms with E-state index in [2.05, 4.69) is 21.2 Å². The molecule has 28 heavy (non-hydrogen) atoms. The van der Waals surface area contributed by atoms with Crippen LogP contribution >= 0.6 is 27.3 Å². The summed E-state index contributed by atoms with van der Waals surface area (Å²) in [5, 5.41) is 2.71. The molecule has 1 aromatic rings. The second-order valence-corrected chi connectivity index (χ2v) is 11.9. The third-order valence-electron chi connectivity index (χ3n) is 6.44. The van der Waals surface area contributed by atoms with E-state index in [1.165, 1.54) is 37.5 Å². The van der Waals surface area contributed by atoms with Crippen LogP contribution in [0.4, 0.5) is 0 Å². The van der Waals surface area contributed by atoms with Crippen LogP contribution in [0.15, 0.2) is 12.1 Å². The van der Waals surface area contributed by atoms with Crippen molar-refractivity contribution < 1.29 is 19.1 Å². The molecule has 0 radical (unpaired) electrons. The second-order valence-electron chi connectivity index (χ2n) is 9.05. The molecule has 5 nitrogen and oxygen atoms in total. The first kappa shape index (κ1) is 20.1. The summed E-state index contributed by atoms with van der Waals surface area (Å²) in [5.74, 6) is 0.910. The Morgan fingerprint density at radius 3 is 2.57 bits per heavy atom. The molecule has 4 saturated carbocycles. The van der Waals surface area contributed by atoms with Gasteiger partial charge in [0.2, 0.25) is 11.7 Å². The zero-order valence-corrected chi connectivity index (χ0v) is 18.5. The standard InChI is InChI=1S/C21H26BrNO4S/c1-13(24)23-10-16-2-3-18(28-16)17(25)11-27-19(26)9-20-5-14-4-15(6-20)8-21(22,7-14)12-20/h2-3,14-15H,4-12H2,1H3,(H,23,24). The minimum atomic E-state index is -0.249. The predicted molar refractivity (Wildman–Crippen MR) is 111 cm³/mol. The lowest BCUT2D eigenvalue weighted by Crippen LogP contribution is -2.53. The van der Waals surface area contributed by atoms with Crippen LogP contribution < -0.4 is 5.32 Å². The highest BCUT2D eigenvalue weighted by atomic mass is 79.9. The minimum absolute atomic E-state index is 0.0577. The number of esters is 1. The van der Waals surface area contributed by atoms with Gasteiger partial charge in [0, 0.05) is 16.1 Å². The SMILES string of the molecule is CC(=O)NCc1ccc(C(=O)COC(=O)CC23CC4CC(CC(Br)(C4)C2)C3)s1. The summed E-state index contributed by atoms with van der Waals surface area (Å²) in [7, 11) is 0. The highest BCUT2D eigenvalue weighted by Gasteiger charge is 2.57. The van der Waals surface area contributed by atoms with Crippen molar-refractivity contribution in [2.45, 2.75) is 62.7 Å². The van der Waals surface area contributed by atoms with Gasteiger partial charge >= 0.3 is 5.97 Å². The van der Waals surface area contributed by atoms with Crippen LogP contribution in [-0.2, 0) is 20.9 Å². The molecule has 1 aromatic heterocycles. The molecular weight excluding hydrogens is 442 g/mol. The Morgan fingerprint density at radius 1 is 1.21 bits per heavy atom. The molecule has 1 amide bonds. The van der Waals surface area contributed by atoms with Crippen molar-refractivity contribution in [3.8, 4) is 0 Å². The van der Waals surface area contributed by atoms with E-state index in [0.29, 0.717) is 17.8 Å². The Kier molecular flexibility index (Phi) is 5.42. The average Bonchev–Trinajstić information content (AvgIpc) is 3.04. The van der Waals surface area contributed by atoms with Crippen molar-refractivity contribution in [3.63, 3.8) is 0 Å². The number of nitrogens with one attached hydrogen (secondary N) is 1. The van der Waals surface area contributed by atoms with Crippen molar-refractivity contribution in [1.29, 1.82) is 0 Å². The molecule has 2 atom stereocenters. The van der Waals surface area contributed by atoms with E-state index in [-0.39, 0.29) is 34.0 Å². The molecule has 152 valence electrons. The van der Waals surface area contributed by atoms with Crippen molar-refractivity contribution >= 4 is 44.9 Å². The molecule has 1 heterocycles. The van der Waals surface area contributed by atoms with Gasteiger partial charge in [-0.2, -0.15) is 0 Å². The number of alkyl halides is 1. The van der Waals surface area contributed by atoms with Gasteiger partial charge in [-0.05, 0) is 67.9 Å². The number of thiophene rings is 1. The van der Waals surface area contributed by atoms with Crippen molar-refractivity contribution in [3.05, 3.63) is 21.9 Å². The summed E-state index contributed by atoms with van der Waals surface area (Å²) in [4.78, 5) is 37.3. The smallest absolute Gasteiger partial charge is 0.306 e. The van der Waals surface area contributed by atoms with Gasteiger partial charge < -0.3 is 10.1 Å². The Bertz CT molecular complexity index is 790. The van der Waals surface area contributed by atoms with Crippen molar-refractivity contribution in [2.24, 2.45) is 17.3 Å². The largest absolute Gasteiger partial charge is 0.457 e. The molecule has 5 rings (SSSR count). The van der Waals surface area contributed by atoms with Crippen molar-refractivity contribution in [1.82, 2.24) is 5.32 Å². The second kappa shape index (κ2) is 7.56. The van der Waals surface area contributed by atoms with E-state index in [9.17, 15) is 14.4 Å². The first-order chi connectivity index (χ1) is 13.2. The zero-order chi connectivity index (χ0) is 19.9. The minimum Gasteiger partial charge on any atom is -0.457 e. The van der Waals surface area contributed by atoms with E-state index in [1.807, 2.05) is 6.07 Å². The Morgan fingerprint density at radius 2 is 1.93 bits per heavy atom. The van der Waals surface area contributed by atoms with E-state index < -0.39 is 0 Å². The maximum atomic E-state index is 12.5. The molecule has 4 aliphatic rings. The number of ether oxygens (including phenoxy) is 1. The number of carbonyl (C=O) groups is 3. The Hall–Kier alpha value is -1.21. The van der Waals surface area contributed by atoms with Crippen molar-refractivity contribution in [2.75, 3.05) is 6.61 Å². The van der Waals surface area contributed by atoms with E-state index in [0.717, 1.165) is 36.0 Å². The summed E-state index contributed by atoms with van der Waals surface area (Å²) in [5.41, 5.74) is 0.0577. The zero-order valence-electron chi connectivity index (χ0n) is 16.1. The van der Waals surface area contributed by atoms with Crippen LogP contribution in [-0.4, -0.2) is 28.6 Å². The fraction of sp³-hybridized carbons (Fsp3) is 0.667. The van der Waals surface area contributed by atoms with Crippen LogP contribution in [0.25, 0.3) is 0 Å². The quantitative estimate of drug-likeness (QED) is 0.369. The van der Waals surface area contributed by atoms with Gasteiger partial charge in [0.05, 0.1) is 17.8 Å². The van der Waals surface area contributed by atoms with Gasteiger partial charge in [0.15, 0.2) is 6.61 Å². The summed E-state index contributed by atoms with van der Waals surface area (Å²) in [6.45, 7) is 1.66. The Labute approximate surface area is 177 Å².